The number of esters is 1. The van der Waals surface area contributed by atoms with Crippen LogP contribution in [0.25, 0.3) is 0 Å². The smallest absolute Gasteiger partial charge is 0.392 e. The fourth-order valence-corrected chi connectivity index (χ4v) is 4.61. The molecule has 0 bridgehead atoms. The third kappa shape index (κ3) is 6.80. The second kappa shape index (κ2) is 11.0. The number of carbonyl (C=O) groups is 2. The van der Waals surface area contributed by atoms with E-state index in [1.165, 1.54) is 37.4 Å². The average Bonchev–Trinajstić information content (AvgIpc) is 3.46. The average molecular weight is 546 g/mol. The van der Waals surface area contributed by atoms with Crippen LogP contribution in [-0.2, 0) is 14.3 Å². The third-order valence-corrected chi connectivity index (χ3v) is 7.25. The fraction of sp³-hybridized carbons (Fsp3) is 0.481. The monoisotopic (exact) mass is 545 g/mol. The maximum Gasteiger partial charge on any atom is 0.392 e. The van der Waals surface area contributed by atoms with Crippen LogP contribution in [0.3, 0.4) is 0 Å². The first-order valence-corrected chi connectivity index (χ1v) is 12.2. The number of rotatable bonds is 9. The van der Waals surface area contributed by atoms with Crippen molar-refractivity contribution in [1.82, 2.24) is 0 Å². The van der Waals surface area contributed by atoms with Crippen LogP contribution in [0.2, 0.25) is 5.02 Å². The van der Waals surface area contributed by atoms with Gasteiger partial charge in [-0.1, -0.05) is 62.7 Å². The molecule has 202 valence electrons. The van der Waals surface area contributed by atoms with Crippen LogP contribution >= 0.6 is 11.6 Å². The Bertz CT molecular complexity index is 1130. The molecule has 0 heterocycles. The summed E-state index contributed by atoms with van der Waals surface area (Å²) in [5.74, 6) is -9.13. The van der Waals surface area contributed by atoms with Crippen molar-refractivity contribution in [1.29, 1.82) is 0 Å². The van der Waals surface area contributed by atoms with Crippen molar-refractivity contribution in [3.05, 3.63) is 64.2 Å². The molecule has 4 nitrogen and oxygen atoms in total. The number of ether oxygens (including phenoxy) is 1. The van der Waals surface area contributed by atoms with Gasteiger partial charge in [-0.3, -0.25) is 9.59 Å². The van der Waals surface area contributed by atoms with Gasteiger partial charge >= 0.3 is 12.1 Å². The van der Waals surface area contributed by atoms with Gasteiger partial charge in [0.25, 0.3) is 5.92 Å². The van der Waals surface area contributed by atoms with Crippen LogP contribution in [-0.4, -0.2) is 31.1 Å². The first-order valence-electron chi connectivity index (χ1n) is 11.9. The molecular formula is C27H29ClF5NO3. The summed E-state index contributed by atoms with van der Waals surface area (Å²) in [4.78, 5) is 25.1. The number of halogens is 6. The number of carbonyl (C=O) groups excluding carboxylic acids is 2. The number of anilines is 1. The quantitative estimate of drug-likeness (QED) is 0.260. The highest BCUT2D eigenvalue weighted by molar-refractivity contribution is 6.33. The molecule has 0 saturated heterocycles. The summed E-state index contributed by atoms with van der Waals surface area (Å²) in [5.41, 5.74) is 1.13. The lowest BCUT2D eigenvalue weighted by molar-refractivity contribution is -0.178. The summed E-state index contributed by atoms with van der Waals surface area (Å²) >= 11 is 6.27. The van der Waals surface area contributed by atoms with E-state index in [1.54, 1.807) is 12.1 Å². The molecule has 1 aliphatic rings. The van der Waals surface area contributed by atoms with Gasteiger partial charge in [0.1, 0.15) is 0 Å². The third-order valence-electron chi connectivity index (χ3n) is 6.92. The number of benzene rings is 2. The normalized spacial score (nSPS) is 19.2. The van der Waals surface area contributed by atoms with Crippen molar-refractivity contribution < 1.29 is 36.3 Å². The molecule has 0 aromatic heterocycles. The molecule has 0 spiro atoms. The molecule has 1 aliphatic carbocycles. The van der Waals surface area contributed by atoms with E-state index in [4.69, 9.17) is 16.3 Å². The van der Waals surface area contributed by atoms with Crippen molar-refractivity contribution in [2.45, 2.75) is 63.5 Å². The van der Waals surface area contributed by atoms with Crippen LogP contribution in [0.1, 0.15) is 68.1 Å². The molecule has 2 unspecified atom stereocenters. The second-order valence-electron chi connectivity index (χ2n) is 9.85. The van der Waals surface area contributed by atoms with E-state index < -0.39 is 41.7 Å². The molecule has 4 atom stereocenters. The summed E-state index contributed by atoms with van der Waals surface area (Å²) in [7, 11) is 1.28. The zero-order valence-corrected chi connectivity index (χ0v) is 21.6. The molecule has 1 amide bonds. The molecule has 10 heteroatoms. The minimum atomic E-state index is -4.70. The Kier molecular flexibility index (Phi) is 8.57. The summed E-state index contributed by atoms with van der Waals surface area (Å²) in [6.07, 6.45) is -4.93. The van der Waals surface area contributed by atoms with E-state index in [2.05, 4.69) is 5.32 Å². The van der Waals surface area contributed by atoms with E-state index >= 15 is 0 Å². The van der Waals surface area contributed by atoms with Gasteiger partial charge in [-0.05, 0) is 40.7 Å². The predicted octanol–water partition coefficient (Wildman–Crippen LogP) is 7.69. The Morgan fingerprint density at radius 2 is 1.65 bits per heavy atom. The van der Waals surface area contributed by atoms with Crippen LogP contribution in [0.15, 0.2) is 42.5 Å². The molecule has 0 radical (unpaired) electrons. The van der Waals surface area contributed by atoms with Crippen LogP contribution in [0.5, 0.6) is 0 Å². The van der Waals surface area contributed by atoms with Crippen molar-refractivity contribution in [2.75, 3.05) is 12.4 Å². The summed E-state index contributed by atoms with van der Waals surface area (Å²) in [6, 6.07) is 10.0. The molecule has 37 heavy (non-hydrogen) atoms. The van der Waals surface area contributed by atoms with Crippen molar-refractivity contribution >= 4 is 29.2 Å². The number of alkyl halides is 5. The lowest BCUT2D eigenvalue weighted by Crippen LogP contribution is -2.34. The minimum Gasteiger partial charge on any atom is -0.469 e. The number of amides is 1. The Hall–Kier alpha value is -2.68. The van der Waals surface area contributed by atoms with Gasteiger partial charge in [0, 0.05) is 6.42 Å². The Morgan fingerprint density at radius 1 is 1.08 bits per heavy atom. The van der Waals surface area contributed by atoms with Gasteiger partial charge in [-0.25, -0.2) is 8.78 Å². The molecule has 0 aliphatic heterocycles. The van der Waals surface area contributed by atoms with Gasteiger partial charge in [-0.15, -0.1) is 0 Å². The van der Waals surface area contributed by atoms with Crippen LogP contribution < -0.4 is 5.32 Å². The zero-order valence-electron chi connectivity index (χ0n) is 20.8. The lowest BCUT2D eigenvalue weighted by Gasteiger charge is -2.26. The SMILES string of the molecule is COC(=O)CC(c1ccc(Cl)c(NC(=O)[C@H](c2ccc(C3CC3(F)F)cc2)[C@@H](C)C(F)(F)F)c1)C(C)C. The molecule has 3 rings (SSSR count). The van der Waals surface area contributed by atoms with Crippen molar-refractivity contribution in [3.63, 3.8) is 0 Å². The first kappa shape index (κ1) is 28.9. The standard InChI is InChI=1S/C27H29ClF5NO3/c1-14(2)19(12-23(35)37-4)18-9-10-21(28)22(11-18)34-25(36)24(15(3)27(31,32)33)17-7-5-16(6-8-17)20-13-26(20,29)30/h5-11,14-15,19-20,24H,12-13H2,1-4H3,(H,34,36)/t15-,19?,20?,24+/m1/s1. The van der Waals surface area contributed by atoms with E-state index in [9.17, 15) is 31.5 Å². The summed E-state index contributed by atoms with van der Waals surface area (Å²) < 4.78 is 72.8. The van der Waals surface area contributed by atoms with Gasteiger partial charge in [0.15, 0.2) is 0 Å². The van der Waals surface area contributed by atoms with Gasteiger partial charge < -0.3 is 10.1 Å². The Balaban J connectivity index is 1.91. The van der Waals surface area contributed by atoms with Crippen molar-refractivity contribution in [2.24, 2.45) is 11.8 Å². The molecule has 1 fully saturated rings. The number of hydrogen-bond donors (Lipinski definition) is 1. The number of methoxy groups -OCH3 is 1. The van der Waals surface area contributed by atoms with Crippen LogP contribution in [0, 0.1) is 11.8 Å². The molecule has 1 saturated carbocycles. The number of hydrogen-bond acceptors (Lipinski definition) is 3. The highest BCUT2D eigenvalue weighted by Crippen LogP contribution is 2.55. The van der Waals surface area contributed by atoms with Gasteiger partial charge in [0.05, 0.1) is 42.0 Å². The second-order valence-corrected chi connectivity index (χ2v) is 10.3. The van der Waals surface area contributed by atoms with Crippen molar-refractivity contribution in [3.8, 4) is 0 Å². The zero-order chi connectivity index (χ0) is 27.7. The van der Waals surface area contributed by atoms with E-state index in [0.29, 0.717) is 11.1 Å². The van der Waals surface area contributed by atoms with Gasteiger partial charge in [0.2, 0.25) is 5.91 Å². The van der Waals surface area contributed by atoms with E-state index in [0.717, 1.165) is 6.92 Å². The van der Waals surface area contributed by atoms with E-state index in [1.807, 2.05) is 13.8 Å². The van der Waals surface area contributed by atoms with Crippen LogP contribution in [0.4, 0.5) is 27.6 Å². The molecule has 2 aromatic carbocycles. The first-order chi connectivity index (χ1) is 17.2. The Morgan fingerprint density at radius 3 is 2.14 bits per heavy atom. The predicted molar refractivity (Wildman–Crippen MR) is 131 cm³/mol. The minimum absolute atomic E-state index is 0.0131. The maximum atomic E-state index is 13.7. The van der Waals surface area contributed by atoms with E-state index in [-0.39, 0.29) is 41.0 Å². The van der Waals surface area contributed by atoms with Gasteiger partial charge in [-0.2, -0.15) is 13.2 Å². The molecular weight excluding hydrogens is 517 g/mol. The Labute approximate surface area is 217 Å². The maximum absolute atomic E-state index is 13.7. The number of nitrogens with one attached hydrogen (secondary N) is 1. The summed E-state index contributed by atoms with van der Waals surface area (Å²) in [6.45, 7) is 4.71. The molecule has 1 N–H and O–H groups in total. The summed E-state index contributed by atoms with van der Waals surface area (Å²) in [5, 5.41) is 2.63. The topological polar surface area (TPSA) is 55.4 Å². The highest BCUT2D eigenvalue weighted by Gasteiger charge is 2.57. The molecule has 2 aromatic rings. The fourth-order valence-electron chi connectivity index (χ4n) is 4.45. The highest BCUT2D eigenvalue weighted by atomic mass is 35.5. The largest absolute Gasteiger partial charge is 0.469 e. The lowest BCUT2D eigenvalue weighted by atomic mass is 9.84.